The van der Waals surface area contributed by atoms with Crippen LogP contribution in [0.2, 0.25) is 0 Å². The average molecular weight is 374 g/mol. The zero-order valence-corrected chi connectivity index (χ0v) is 14.3. The summed E-state index contributed by atoms with van der Waals surface area (Å²) in [6.07, 6.45) is -4.18. The molecule has 0 aliphatic heterocycles. The summed E-state index contributed by atoms with van der Waals surface area (Å²) in [6.45, 7) is 1.11. The van der Waals surface area contributed by atoms with Crippen molar-refractivity contribution in [3.8, 4) is 5.75 Å². The van der Waals surface area contributed by atoms with Crippen molar-refractivity contribution >= 4 is 16.9 Å². The fourth-order valence-corrected chi connectivity index (χ4v) is 2.58. The summed E-state index contributed by atoms with van der Waals surface area (Å²) in [7, 11) is 0. The molecule has 1 aromatic heterocycles. The Kier molecular flexibility index (Phi) is 5.21. The van der Waals surface area contributed by atoms with E-state index in [-0.39, 0.29) is 28.9 Å². The number of carbonyl (C=O) groups excluding carboxylic acids is 1. The highest BCUT2D eigenvalue weighted by molar-refractivity contribution is 5.89. The Bertz CT molecular complexity index is 1020. The van der Waals surface area contributed by atoms with E-state index < -0.39 is 24.1 Å². The van der Waals surface area contributed by atoms with Crippen molar-refractivity contribution in [1.82, 2.24) is 0 Å². The van der Waals surface area contributed by atoms with Crippen molar-refractivity contribution in [3.63, 3.8) is 0 Å². The summed E-state index contributed by atoms with van der Waals surface area (Å²) in [5, 5.41) is 10.8. The van der Waals surface area contributed by atoms with Crippen molar-refractivity contribution in [2.75, 3.05) is 0 Å². The molecule has 0 aliphatic rings. The molecule has 0 spiro atoms. The average Bonchev–Trinajstić information content (AvgIpc) is 2.65. The van der Waals surface area contributed by atoms with Gasteiger partial charge in [0, 0.05) is 6.42 Å². The number of aromatic hydroxyl groups is 1. The molecule has 3 aromatic rings. The van der Waals surface area contributed by atoms with E-state index in [1.807, 2.05) is 0 Å². The molecule has 0 saturated heterocycles. The van der Waals surface area contributed by atoms with Crippen molar-refractivity contribution in [3.05, 3.63) is 75.6 Å². The standard InChI is InChI=1S/C20H16F2O5/c1-11(18(21)22)26-19(24)13-8-6-12(7-9-13)10-15-17(23)14-4-2-3-5-16(14)27-20(15)25/h2-9,11,18,23H,10H2,1H3. The minimum Gasteiger partial charge on any atom is -0.507 e. The Balaban J connectivity index is 1.82. The largest absolute Gasteiger partial charge is 0.507 e. The third kappa shape index (κ3) is 3.97. The third-order valence-corrected chi connectivity index (χ3v) is 4.10. The van der Waals surface area contributed by atoms with Crippen molar-refractivity contribution in [1.29, 1.82) is 0 Å². The molecule has 0 aliphatic carbocycles. The second kappa shape index (κ2) is 7.57. The van der Waals surface area contributed by atoms with Gasteiger partial charge in [0.05, 0.1) is 16.5 Å². The lowest BCUT2D eigenvalue weighted by molar-refractivity contribution is -0.0250. The molecule has 0 fully saturated rings. The van der Waals surface area contributed by atoms with Crippen LogP contribution in [0.4, 0.5) is 8.78 Å². The highest BCUT2D eigenvalue weighted by atomic mass is 19.3. The number of hydrogen-bond donors (Lipinski definition) is 1. The molecule has 1 heterocycles. The Morgan fingerprint density at radius 2 is 1.81 bits per heavy atom. The molecule has 0 amide bonds. The number of alkyl halides is 2. The number of hydrogen-bond acceptors (Lipinski definition) is 5. The van der Waals surface area contributed by atoms with E-state index in [9.17, 15) is 23.5 Å². The monoisotopic (exact) mass is 374 g/mol. The van der Waals surface area contributed by atoms with E-state index in [2.05, 4.69) is 4.74 Å². The maximum absolute atomic E-state index is 12.5. The zero-order chi connectivity index (χ0) is 19.6. The van der Waals surface area contributed by atoms with E-state index in [4.69, 9.17) is 4.42 Å². The van der Waals surface area contributed by atoms with Gasteiger partial charge >= 0.3 is 11.6 Å². The number of rotatable bonds is 5. The molecule has 1 unspecified atom stereocenters. The lowest BCUT2D eigenvalue weighted by Crippen LogP contribution is -2.22. The number of para-hydroxylation sites is 1. The Hall–Kier alpha value is -3.22. The molecule has 0 radical (unpaired) electrons. The summed E-state index contributed by atoms with van der Waals surface area (Å²) < 4.78 is 34.8. The van der Waals surface area contributed by atoms with Crippen LogP contribution in [0.3, 0.4) is 0 Å². The molecule has 2 aromatic carbocycles. The lowest BCUT2D eigenvalue weighted by Gasteiger charge is -2.12. The maximum Gasteiger partial charge on any atom is 0.343 e. The minimum absolute atomic E-state index is 0.0851. The molecule has 27 heavy (non-hydrogen) atoms. The molecule has 5 nitrogen and oxygen atoms in total. The van der Waals surface area contributed by atoms with Gasteiger partial charge in [-0.3, -0.25) is 0 Å². The summed E-state index contributed by atoms with van der Waals surface area (Å²) in [5.74, 6) is -1.02. The van der Waals surface area contributed by atoms with E-state index in [1.165, 1.54) is 12.1 Å². The normalized spacial score (nSPS) is 12.3. The van der Waals surface area contributed by atoms with Crippen LogP contribution in [-0.4, -0.2) is 23.6 Å². The molecule has 0 bridgehead atoms. The first-order valence-electron chi connectivity index (χ1n) is 8.18. The topological polar surface area (TPSA) is 76.7 Å². The first kappa shape index (κ1) is 18.6. The van der Waals surface area contributed by atoms with Gasteiger partial charge in [0.15, 0.2) is 6.10 Å². The summed E-state index contributed by atoms with van der Waals surface area (Å²) in [6, 6.07) is 12.6. The Morgan fingerprint density at radius 1 is 1.15 bits per heavy atom. The van der Waals surface area contributed by atoms with Crippen LogP contribution in [0.5, 0.6) is 5.75 Å². The second-order valence-corrected chi connectivity index (χ2v) is 6.03. The molecule has 7 heteroatoms. The van der Waals surface area contributed by atoms with E-state index >= 15 is 0 Å². The van der Waals surface area contributed by atoms with Crippen LogP contribution in [0, 0.1) is 0 Å². The highest BCUT2D eigenvalue weighted by Gasteiger charge is 2.20. The van der Waals surface area contributed by atoms with Gasteiger partial charge in [0.2, 0.25) is 0 Å². The lowest BCUT2D eigenvalue weighted by atomic mass is 10.0. The van der Waals surface area contributed by atoms with Crippen LogP contribution in [0.25, 0.3) is 11.0 Å². The van der Waals surface area contributed by atoms with Crippen LogP contribution in [0.1, 0.15) is 28.4 Å². The molecular weight excluding hydrogens is 358 g/mol. The summed E-state index contributed by atoms with van der Waals surface area (Å²) in [4.78, 5) is 24.0. The molecule has 1 N–H and O–H groups in total. The number of ether oxygens (including phenoxy) is 1. The van der Waals surface area contributed by atoms with Crippen molar-refractivity contribution in [2.24, 2.45) is 0 Å². The van der Waals surface area contributed by atoms with E-state index in [0.29, 0.717) is 10.9 Å². The maximum atomic E-state index is 12.5. The van der Waals surface area contributed by atoms with Crippen LogP contribution >= 0.6 is 0 Å². The van der Waals surface area contributed by atoms with Gasteiger partial charge in [-0.05, 0) is 36.8 Å². The van der Waals surface area contributed by atoms with Gasteiger partial charge in [0.1, 0.15) is 11.3 Å². The van der Waals surface area contributed by atoms with Gasteiger partial charge in [-0.1, -0.05) is 24.3 Å². The van der Waals surface area contributed by atoms with Gasteiger partial charge in [-0.2, -0.15) is 0 Å². The van der Waals surface area contributed by atoms with Gasteiger partial charge in [0.25, 0.3) is 6.43 Å². The predicted molar refractivity (Wildman–Crippen MR) is 94.3 cm³/mol. The zero-order valence-electron chi connectivity index (χ0n) is 14.3. The number of fused-ring (bicyclic) bond motifs is 1. The van der Waals surface area contributed by atoms with E-state index in [1.54, 1.807) is 36.4 Å². The number of benzene rings is 2. The van der Waals surface area contributed by atoms with Gasteiger partial charge in [-0.25, -0.2) is 18.4 Å². The SMILES string of the molecule is CC(OC(=O)c1ccc(Cc2c(O)c3ccccc3oc2=O)cc1)C(F)F. The van der Waals surface area contributed by atoms with Crippen LogP contribution in [-0.2, 0) is 11.2 Å². The Morgan fingerprint density at radius 3 is 2.48 bits per heavy atom. The van der Waals surface area contributed by atoms with Crippen molar-refractivity contribution < 1.29 is 27.8 Å². The third-order valence-electron chi connectivity index (χ3n) is 4.10. The summed E-state index contributed by atoms with van der Waals surface area (Å²) in [5.41, 5.74) is 0.471. The first-order valence-corrected chi connectivity index (χ1v) is 8.18. The first-order chi connectivity index (χ1) is 12.9. The van der Waals surface area contributed by atoms with Gasteiger partial charge in [-0.15, -0.1) is 0 Å². The van der Waals surface area contributed by atoms with Crippen LogP contribution in [0.15, 0.2) is 57.7 Å². The molecular formula is C20H16F2O5. The number of halogens is 2. The predicted octanol–water partition coefficient (Wildman–Crippen LogP) is 3.90. The molecule has 0 saturated carbocycles. The minimum atomic E-state index is -2.76. The van der Waals surface area contributed by atoms with Gasteiger partial charge < -0.3 is 14.3 Å². The fraction of sp³-hybridized carbons (Fsp3) is 0.200. The number of carbonyl (C=O) groups is 1. The number of esters is 1. The second-order valence-electron chi connectivity index (χ2n) is 6.03. The Labute approximate surface area is 152 Å². The molecule has 140 valence electrons. The summed E-state index contributed by atoms with van der Waals surface area (Å²) >= 11 is 0. The molecule has 1 atom stereocenters. The quantitative estimate of drug-likeness (QED) is 0.541. The van der Waals surface area contributed by atoms with E-state index in [0.717, 1.165) is 6.92 Å². The molecule has 3 rings (SSSR count). The smallest absolute Gasteiger partial charge is 0.343 e. The van der Waals surface area contributed by atoms with Crippen molar-refractivity contribution in [2.45, 2.75) is 25.9 Å². The fourth-order valence-electron chi connectivity index (χ4n) is 2.58. The van der Waals surface area contributed by atoms with Crippen LogP contribution < -0.4 is 5.63 Å². The highest BCUT2D eigenvalue weighted by Crippen LogP contribution is 2.27.